The lowest BCUT2D eigenvalue weighted by molar-refractivity contribution is -0.908. The number of likely N-dealkylation sites (tertiary alicyclic amines) is 1. The number of aliphatic hydroxyl groups is 1. The summed E-state index contributed by atoms with van der Waals surface area (Å²) in [5.74, 6) is -0.223. The third-order valence-electron chi connectivity index (χ3n) is 8.39. The Morgan fingerprint density at radius 2 is 2.07 bits per heavy atom. The van der Waals surface area contributed by atoms with Crippen molar-refractivity contribution >= 4 is 11.9 Å². The number of hydrogen-bond donors (Lipinski definition) is 2. The molecule has 0 aromatic carbocycles. The number of quaternary nitrogens is 1. The smallest absolute Gasteiger partial charge is 0.315 e. The average molecular weight is 407 g/mol. The highest BCUT2D eigenvalue weighted by Crippen LogP contribution is 2.55. The fourth-order valence-corrected chi connectivity index (χ4v) is 6.33. The van der Waals surface area contributed by atoms with Crippen LogP contribution in [0.3, 0.4) is 0 Å². The summed E-state index contributed by atoms with van der Waals surface area (Å²) in [7, 11) is 0. The van der Waals surface area contributed by atoms with Gasteiger partial charge in [0.2, 0.25) is 0 Å². The molecule has 0 amide bonds. The van der Waals surface area contributed by atoms with Gasteiger partial charge in [-0.15, -0.1) is 0 Å². The molecule has 3 fully saturated rings. The second kappa shape index (κ2) is 8.03. The van der Waals surface area contributed by atoms with Gasteiger partial charge in [0.05, 0.1) is 38.3 Å². The SMILES string of the molecule is CCOC(=O)C1CC[NH+](C[C@@H]2C(=O)O[C@H]3CC4=CCC[C@@H](C)[C@]4(C)[C@@H](O)[C@@H]32)CC1. The number of rotatable bonds is 4. The summed E-state index contributed by atoms with van der Waals surface area (Å²) in [4.78, 5) is 26.1. The molecule has 162 valence electrons. The molecule has 2 N–H and O–H groups in total. The largest absolute Gasteiger partial charge is 0.466 e. The molecule has 0 radical (unpaired) electrons. The topological polar surface area (TPSA) is 77.3 Å². The number of aliphatic hydroxyl groups excluding tert-OH is 1. The standard InChI is InChI=1S/C23H35NO5/c1-4-28-21(26)15-8-10-24(11-9-15)13-17-19-18(29-22(17)27)12-16-7-5-6-14(2)23(16,3)20(19)25/h7,14-15,17-20,25H,4-6,8-13H2,1-3H3/p+1/t14-,17+,18+,19-,20+,23+/m1/s1. The molecule has 2 aliphatic heterocycles. The van der Waals surface area contributed by atoms with Crippen molar-refractivity contribution in [1.29, 1.82) is 0 Å². The van der Waals surface area contributed by atoms with Crippen molar-refractivity contribution < 1.29 is 29.1 Å². The minimum Gasteiger partial charge on any atom is -0.466 e. The number of piperidine rings is 1. The molecular formula is C23H36NO5+. The molecule has 2 saturated heterocycles. The lowest BCUT2D eigenvalue weighted by atomic mass is 9.55. The predicted octanol–water partition coefficient (Wildman–Crippen LogP) is 1.13. The molecule has 1 saturated carbocycles. The van der Waals surface area contributed by atoms with E-state index in [1.165, 1.54) is 10.5 Å². The third-order valence-corrected chi connectivity index (χ3v) is 8.39. The van der Waals surface area contributed by atoms with Crippen molar-refractivity contribution in [2.24, 2.45) is 29.1 Å². The number of carbonyl (C=O) groups is 2. The van der Waals surface area contributed by atoms with Gasteiger partial charge >= 0.3 is 11.9 Å². The quantitative estimate of drug-likeness (QED) is 0.541. The molecule has 2 heterocycles. The molecule has 0 unspecified atom stereocenters. The summed E-state index contributed by atoms with van der Waals surface area (Å²) in [6.07, 6.45) is 6.03. The normalized spacial score (nSPS) is 44.3. The minimum absolute atomic E-state index is 0.0167. The van der Waals surface area contributed by atoms with Gasteiger partial charge in [-0.25, -0.2) is 0 Å². The Hall–Kier alpha value is -1.40. The summed E-state index contributed by atoms with van der Waals surface area (Å²) < 4.78 is 10.9. The van der Waals surface area contributed by atoms with E-state index < -0.39 is 6.10 Å². The lowest BCUT2D eigenvalue weighted by Gasteiger charge is -2.51. The molecule has 29 heavy (non-hydrogen) atoms. The number of nitrogens with one attached hydrogen (secondary N) is 1. The Bertz CT molecular complexity index is 683. The Labute approximate surface area is 173 Å². The highest BCUT2D eigenvalue weighted by atomic mass is 16.6. The van der Waals surface area contributed by atoms with Crippen molar-refractivity contribution in [3.63, 3.8) is 0 Å². The molecular weight excluding hydrogens is 370 g/mol. The van der Waals surface area contributed by atoms with Crippen LogP contribution in [0.15, 0.2) is 11.6 Å². The highest BCUT2D eigenvalue weighted by Gasteiger charge is 2.60. The number of fused-ring (bicyclic) bond motifs is 2. The van der Waals surface area contributed by atoms with Crippen LogP contribution in [0.2, 0.25) is 0 Å². The maximum atomic E-state index is 12.8. The van der Waals surface area contributed by atoms with Crippen LogP contribution in [-0.2, 0) is 19.1 Å². The van der Waals surface area contributed by atoms with Gasteiger partial charge in [-0.2, -0.15) is 0 Å². The van der Waals surface area contributed by atoms with E-state index in [-0.39, 0.29) is 41.2 Å². The van der Waals surface area contributed by atoms with Crippen LogP contribution < -0.4 is 4.90 Å². The summed E-state index contributed by atoms with van der Waals surface area (Å²) in [5.41, 5.74) is 1.03. The van der Waals surface area contributed by atoms with Gasteiger partial charge in [0.1, 0.15) is 12.0 Å². The van der Waals surface area contributed by atoms with Crippen LogP contribution in [0.25, 0.3) is 0 Å². The fourth-order valence-electron chi connectivity index (χ4n) is 6.33. The second-order valence-corrected chi connectivity index (χ2v) is 9.78. The number of carbonyl (C=O) groups excluding carboxylic acids is 2. The lowest BCUT2D eigenvalue weighted by Crippen LogP contribution is -3.14. The first-order chi connectivity index (χ1) is 13.9. The minimum atomic E-state index is -0.546. The zero-order valence-corrected chi connectivity index (χ0v) is 18.0. The summed E-state index contributed by atoms with van der Waals surface area (Å²) in [5, 5.41) is 11.5. The molecule has 0 aromatic heterocycles. The van der Waals surface area contributed by atoms with Crippen molar-refractivity contribution in [3.8, 4) is 0 Å². The molecule has 0 spiro atoms. The first kappa shape index (κ1) is 20.9. The van der Waals surface area contributed by atoms with E-state index in [1.807, 2.05) is 6.92 Å². The Morgan fingerprint density at radius 1 is 1.34 bits per heavy atom. The molecule has 6 heteroatoms. The maximum Gasteiger partial charge on any atom is 0.315 e. The van der Waals surface area contributed by atoms with Crippen LogP contribution in [0.5, 0.6) is 0 Å². The van der Waals surface area contributed by atoms with E-state index >= 15 is 0 Å². The molecule has 2 aliphatic carbocycles. The van der Waals surface area contributed by atoms with Crippen molar-refractivity contribution in [2.45, 2.75) is 65.1 Å². The van der Waals surface area contributed by atoms with E-state index in [0.717, 1.165) is 45.2 Å². The van der Waals surface area contributed by atoms with Crippen LogP contribution in [0.4, 0.5) is 0 Å². The second-order valence-electron chi connectivity index (χ2n) is 9.78. The van der Waals surface area contributed by atoms with Crippen LogP contribution in [0, 0.1) is 29.1 Å². The predicted molar refractivity (Wildman–Crippen MR) is 107 cm³/mol. The Morgan fingerprint density at radius 3 is 2.76 bits per heavy atom. The van der Waals surface area contributed by atoms with Crippen molar-refractivity contribution in [3.05, 3.63) is 11.6 Å². The molecule has 0 aromatic rings. The fraction of sp³-hybridized carbons (Fsp3) is 0.826. The van der Waals surface area contributed by atoms with E-state index in [1.54, 1.807) is 0 Å². The summed E-state index contributed by atoms with van der Waals surface area (Å²) in [6, 6.07) is 0. The van der Waals surface area contributed by atoms with Gasteiger partial charge in [-0.3, -0.25) is 9.59 Å². The first-order valence-corrected chi connectivity index (χ1v) is 11.4. The first-order valence-electron chi connectivity index (χ1n) is 11.4. The monoisotopic (exact) mass is 406 g/mol. The number of ether oxygens (including phenoxy) is 2. The average Bonchev–Trinajstić information content (AvgIpc) is 3.00. The van der Waals surface area contributed by atoms with E-state index in [4.69, 9.17) is 9.47 Å². The van der Waals surface area contributed by atoms with Crippen LogP contribution in [0.1, 0.15) is 52.9 Å². The number of hydrogen-bond acceptors (Lipinski definition) is 5. The van der Waals surface area contributed by atoms with Gasteiger partial charge in [0, 0.05) is 30.6 Å². The van der Waals surface area contributed by atoms with Crippen LogP contribution >= 0.6 is 0 Å². The zero-order valence-electron chi connectivity index (χ0n) is 18.0. The van der Waals surface area contributed by atoms with Gasteiger partial charge in [0.15, 0.2) is 0 Å². The third kappa shape index (κ3) is 3.52. The molecule has 4 rings (SSSR count). The van der Waals surface area contributed by atoms with Crippen molar-refractivity contribution in [2.75, 3.05) is 26.2 Å². The van der Waals surface area contributed by atoms with Gasteiger partial charge < -0.3 is 19.5 Å². The molecule has 0 bridgehead atoms. The van der Waals surface area contributed by atoms with E-state index in [2.05, 4.69) is 19.9 Å². The summed E-state index contributed by atoms with van der Waals surface area (Å²) >= 11 is 0. The van der Waals surface area contributed by atoms with Gasteiger partial charge in [-0.05, 0) is 25.7 Å². The molecule has 6 nitrogen and oxygen atoms in total. The number of allylic oxidation sites excluding steroid dienone is 1. The Balaban J connectivity index is 1.44. The zero-order chi connectivity index (χ0) is 20.8. The van der Waals surface area contributed by atoms with Crippen molar-refractivity contribution in [1.82, 2.24) is 0 Å². The Kier molecular flexibility index (Phi) is 5.77. The van der Waals surface area contributed by atoms with E-state index in [9.17, 15) is 14.7 Å². The van der Waals surface area contributed by atoms with Crippen LogP contribution in [-0.4, -0.2) is 55.5 Å². The maximum absolute atomic E-state index is 12.8. The summed E-state index contributed by atoms with van der Waals surface area (Å²) in [6.45, 7) is 9.09. The molecule has 4 aliphatic rings. The van der Waals surface area contributed by atoms with Gasteiger partial charge in [-0.1, -0.05) is 25.5 Å². The molecule has 6 atom stereocenters. The van der Waals surface area contributed by atoms with Gasteiger partial charge in [0.25, 0.3) is 0 Å². The number of esters is 2. The van der Waals surface area contributed by atoms with E-state index in [0.29, 0.717) is 19.1 Å². The highest BCUT2D eigenvalue weighted by molar-refractivity contribution is 5.76.